The Morgan fingerprint density at radius 3 is 2.00 bits per heavy atom. The quantitative estimate of drug-likeness (QED) is 0.793. The van der Waals surface area contributed by atoms with Gasteiger partial charge in [0.2, 0.25) is 0 Å². The van der Waals surface area contributed by atoms with Gasteiger partial charge in [0.25, 0.3) is 0 Å². The number of nitrogens with zero attached hydrogens (tertiary/aromatic N) is 3. The van der Waals surface area contributed by atoms with Crippen LogP contribution in [0.4, 0.5) is 0 Å². The van der Waals surface area contributed by atoms with Gasteiger partial charge in [-0.25, -0.2) is 9.59 Å². The number of carboxylic acids is 2. The van der Waals surface area contributed by atoms with Gasteiger partial charge in [-0.2, -0.15) is 0 Å². The van der Waals surface area contributed by atoms with Crippen molar-refractivity contribution in [1.82, 2.24) is 14.8 Å². The van der Waals surface area contributed by atoms with Gasteiger partial charge >= 0.3 is 11.9 Å². The Labute approximate surface area is 145 Å². The van der Waals surface area contributed by atoms with E-state index >= 15 is 0 Å². The summed E-state index contributed by atoms with van der Waals surface area (Å²) < 4.78 is 5.40. The highest BCUT2D eigenvalue weighted by atomic mass is 16.4. The van der Waals surface area contributed by atoms with Crippen LogP contribution >= 0.6 is 0 Å². The van der Waals surface area contributed by atoms with Crippen molar-refractivity contribution < 1.29 is 24.2 Å². The first-order valence-electron chi connectivity index (χ1n) is 7.87. The van der Waals surface area contributed by atoms with E-state index in [1.165, 1.54) is 5.56 Å². The van der Waals surface area contributed by atoms with Crippen molar-refractivity contribution in [2.75, 3.05) is 26.2 Å². The lowest BCUT2D eigenvalue weighted by atomic mass is 10.2. The molecule has 0 bridgehead atoms. The molecule has 0 unspecified atom stereocenters. The van der Waals surface area contributed by atoms with E-state index < -0.39 is 11.9 Å². The van der Waals surface area contributed by atoms with Crippen LogP contribution in [-0.4, -0.2) is 63.1 Å². The van der Waals surface area contributed by atoms with E-state index in [0.29, 0.717) is 0 Å². The molecule has 0 atom stereocenters. The Balaban J connectivity index is 0.000000326. The van der Waals surface area contributed by atoms with Crippen LogP contribution in [0.2, 0.25) is 0 Å². The van der Waals surface area contributed by atoms with Gasteiger partial charge in [0, 0.05) is 45.1 Å². The molecule has 0 radical (unpaired) electrons. The van der Waals surface area contributed by atoms with E-state index in [2.05, 4.69) is 26.9 Å². The lowest BCUT2D eigenvalue weighted by Gasteiger charge is -2.34. The summed E-state index contributed by atoms with van der Waals surface area (Å²) in [5.74, 6) is -2.59. The van der Waals surface area contributed by atoms with Crippen LogP contribution in [0.5, 0.6) is 0 Å². The molecule has 8 nitrogen and oxygen atoms in total. The number of furan rings is 1. The maximum atomic E-state index is 9.10. The Morgan fingerprint density at radius 2 is 1.52 bits per heavy atom. The highest BCUT2D eigenvalue weighted by molar-refractivity contribution is 6.27. The molecular formula is C17H21N3O5. The molecule has 0 aromatic carbocycles. The van der Waals surface area contributed by atoms with Crippen LogP contribution in [0.1, 0.15) is 11.3 Å². The molecule has 2 aromatic rings. The fourth-order valence-electron chi connectivity index (χ4n) is 2.47. The lowest BCUT2D eigenvalue weighted by molar-refractivity contribution is -0.159. The summed E-state index contributed by atoms with van der Waals surface area (Å²) in [7, 11) is 0. The second-order valence-corrected chi connectivity index (χ2v) is 5.60. The summed E-state index contributed by atoms with van der Waals surface area (Å²) in [6.45, 7) is 6.39. The zero-order chi connectivity index (χ0) is 18.1. The zero-order valence-electron chi connectivity index (χ0n) is 13.7. The molecule has 0 saturated carbocycles. The summed E-state index contributed by atoms with van der Waals surface area (Å²) in [6, 6.07) is 8.18. The molecule has 1 aliphatic heterocycles. The van der Waals surface area contributed by atoms with Crippen molar-refractivity contribution in [1.29, 1.82) is 0 Å². The third-order valence-electron chi connectivity index (χ3n) is 3.76. The van der Waals surface area contributed by atoms with Crippen LogP contribution in [-0.2, 0) is 22.7 Å². The van der Waals surface area contributed by atoms with Crippen molar-refractivity contribution in [2.24, 2.45) is 0 Å². The van der Waals surface area contributed by atoms with Crippen LogP contribution in [0.3, 0.4) is 0 Å². The molecule has 1 fully saturated rings. The number of hydrogen-bond donors (Lipinski definition) is 2. The standard InChI is InChI=1S/C15H19N3O.C2H2O4/c1-2-15(19-11-1)13-18-9-7-17(8-10-18)12-14-3-5-16-6-4-14;3-1(4)2(5)6/h1-6,11H,7-10,12-13H2;(H,3,4)(H,5,6). The monoisotopic (exact) mass is 347 g/mol. The lowest BCUT2D eigenvalue weighted by Crippen LogP contribution is -2.45. The number of piperazine rings is 1. The Hall–Kier alpha value is -2.71. The van der Waals surface area contributed by atoms with E-state index in [0.717, 1.165) is 45.0 Å². The van der Waals surface area contributed by atoms with Crippen LogP contribution in [0.25, 0.3) is 0 Å². The topological polar surface area (TPSA) is 107 Å². The number of hydrogen-bond acceptors (Lipinski definition) is 6. The van der Waals surface area contributed by atoms with Crippen LogP contribution in [0, 0.1) is 0 Å². The predicted octanol–water partition coefficient (Wildman–Crippen LogP) is 1.15. The SMILES string of the molecule is O=C(O)C(=O)O.c1coc(CN2CCN(Cc3ccncc3)CC2)c1. The van der Waals surface area contributed by atoms with Crippen molar-refractivity contribution in [3.63, 3.8) is 0 Å². The summed E-state index contributed by atoms with van der Waals surface area (Å²) in [6.07, 6.45) is 5.47. The molecule has 0 amide bonds. The molecule has 2 N–H and O–H groups in total. The maximum absolute atomic E-state index is 9.10. The average molecular weight is 347 g/mol. The maximum Gasteiger partial charge on any atom is 0.414 e. The number of pyridine rings is 1. The van der Waals surface area contributed by atoms with Crippen molar-refractivity contribution >= 4 is 11.9 Å². The van der Waals surface area contributed by atoms with Crippen LogP contribution < -0.4 is 0 Å². The van der Waals surface area contributed by atoms with E-state index in [1.807, 2.05) is 24.5 Å². The average Bonchev–Trinajstić information content (AvgIpc) is 3.11. The number of carboxylic acid groups (broad SMARTS) is 2. The van der Waals surface area contributed by atoms with E-state index in [1.54, 1.807) is 6.26 Å². The molecule has 8 heteroatoms. The third kappa shape index (κ3) is 6.74. The van der Waals surface area contributed by atoms with Gasteiger partial charge in [0.15, 0.2) is 0 Å². The third-order valence-corrected chi connectivity index (χ3v) is 3.76. The number of aliphatic carboxylic acids is 2. The van der Waals surface area contributed by atoms with E-state index in [9.17, 15) is 0 Å². The fraction of sp³-hybridized carbons (Fsp3) is 0.353. The highest BCUT2D eigenvalue weighted by Gasteiger charge is 2.17. The molecule has 25 heavy (non-hydrogen) atoms. The minimum absolute atomic E-state index is 0.927. The van der Waals surface area contributed by atoms with Gasteiger partial charge < -0.3 is 14.6 Å². The minimum Gasteiger partial charge on any atom is -0.473 e. The first kappa shape index (κ1) is 18.6. The summed E-state index contributed by atoms with van der Waals surface area (Å²) in [5, 5.41) is 14.8. The minimum atomic E-state index is -1.82. The molecule has 3 rings (SSSR count). The van der Waals surface area contributed by atoms with Crippen LogP contribution in [0.15, 0.2) is 47.3 Å². The van der Waals surface area contributed by atoms with Gasteiger partial charge in [-0.3, -0.25) is 14.8 Å². The van der Waals surface area contributed by atoms with Gasteiger partial charge in [-0.05, 0) is 29.8 Å². The first-order chi connectivity index (χ1) is 12.0. The first-order valence-corrected chi connectivity index (χ1v) is 7.87. The number of carbonyl (C=O) groups is 2. The van der Waals surface area contributed by atoms with Gasteiger partial charge in [-0.15, -0.1) is 0 Å². The smallest absolute Gasteiger partial charge is 0.414 e. The summed E-state index contributed by atoms with van der Waals surface area (Å²) >= 11 is 0. The van der Waals surface area contributed by atoms with Gasteiger partial charge in [0.1, 0.15) is 5.76 Å². The molecule has 2 aromatic heterocycles. The normalized spacial score (nSPS) is 15.2. The number of rotatable bonds is 4. The van der Waals surface area contributed by atoms with E-state index in [4.69, 9.17) is 24.2 Å². The van der Waals surface area contributed by atoms with Crippen molar-refractivity contribution in [3.8, 4) is 0 Å². The van der Waals surface area contributed by atoms with E-state index in [-0.39, 0.29) is 0 Å². The Bertz CT molecular complexity index is 640. The number of aromatic nitrogens is 1. The molecule has 1 saturated heterocycles. The van der Waals surface area contributed by atoms with Gasteiger partial charge in [-0.1, -0.05) is 0 Å². The van der Waals surface area contributed by atoms with Crippen molar-refractivity contribution in [2.45, 2.75) is 13.1 Å². The second kappa shape index (κ2) is 9.55. The molecule has 134 valence electrons. The predicted molar refractivity (Wildman–Crippen MR) is 88.8 cm³/mol. The van der Waals surface area contributed by atoms with Crippen molar-refractivity contribution in [3.05, 3.63) is 54.2 Å². The molecule has 3 heterocycles. The molecular weight excluding hydrogens is 326 g/mol. The molecule has 1 aliphatic rings. The zero-order valence-corrected chi connectivity index (χ0v) is 13.7. The summed E-state index contributed by atoms with van der Waals surface area (Å²) in [4.78, 5) is 27.2. The fourth-order valence-corrected chi connectivity index (χ4v) is 2.47. The largest absolute Gasteiger partial charge is 0.473 e. The highest BCUT2D eigenvalue weighted by Crippen LogP contribution is 2.11. The Morgan fingerprint density at radius 1 is 0.960 bits per heavy atom. The molecule has 0 spiro atoms. The Kier molecular flexibility index (Phi) is 7.12. The van der Waals surface area contributed by atoms with Gasteiger partial charge in [0.05, 0.1) is 12.8 Å². The molecule has 0 aliphatic carbocycles. The summed E-state index contributed by atoms with van der Waals surface area (Å²) in [5.41, 5.74) is 1.34. The second-order valence-electron chi connectivity index (χ2n) is 5.60.